The molecule has 5 rings (SSSR count). The third-order valence-corrected chi connectivity index (χ3v) is 7.05. The number of carbonyl (C=O) groups is 3. The van der Waals surface area contributed by atoms with Crippen molar-refractivity contribution in [3.63, 3.8) is 0 Å². The smallest absolute Gasteiger partial charge is 0.240 e. The van der Waals surface area contributed by atoms with Crippen LogP contribution in [-0.2, 0) is 14.4 Å². The summed E-state index contributed by atoms with van der Waals surface area (Å²) in [5, 5.41) is 0. The topological polar surface area (TPSA) is 76.2 Å². The van der Waals surface area contributed by atoms with E-state index in [1.54, 1.807) is 38.5 Å². The molecule has 4 atom stereocenters. The molecule has 2 amide bonds. The van der Waals surface area contributed by atoms with Crippen LogP contribution in [0.15, 0.2) is 48.5 Å². The highest BCUT2D eigenvalue weighted by Gasteiger charge is 2.65. The van der Waals surface area contributed by atoms with Gasteiger partial charge < -0.3 is 14.4 Å². The minimum Gasteiger partial charge on any atom is -0.497 e. The van der Waals surface area contributed by atoms with E-state index in [0.717, 1.165) is 11.3 Å². The molecular formula is C27H28N2O5. The standard InChI is InChI=1S/C27H28N2O5/c1-27(2,3)24(30)23-22-21(20-12-6-15-14-18(34-5)11-13-19(15)29(20)23)25(31)28(26(22)32)16-7-9-17(33-4)10-8-16/h6-14,20-23H,1-5H3/t20-,21-,22-,23+/m0/s1. The van der Waals surface area contributed by atoms with Gasteiger partial charge in [-0.05, 0) is 42.5 Å². The molecule has 2 aromatic carbocycles. The Morgan fingerprint density at radius 3 is 2.12 bits per heavy atom. The second kappa shape index (κ2) is 7.72. The van der Waals surface area contributed by atoms with Crippen molar-refractivity contribution in [3.8, 4) is 11.5 Å². The van der Waals surface area contributed by atoms with Crippen molar-refractivity contribution >= 4 is 35.0 Å². The van der Waals surface area contributed by atoms with Crippen LogP contribution in [-0.4, -0.2) is 43.9 Å². The molecule has 0 aromatic heterocycles. The van der Waals surface area contributed by atoms with Crippen LogP contribution in [0.1, 0.15) is 26.3 Å². The highest BCUT2D eigenvalue weighted by molar-refractivity contribution is 6.25. The second-order valence-corrected chi connectivity index (χ2v) is 10.0. The van der Waals surface area contributed by atoms with Crippen LogP contribution in [0.25, 0.3) is 6.08 Å². The van der Waals surface area contributed by atoms with Gasteiger partial charge in [-0.3, -0.25) is 14.4 Å². The lowest BCUT2D eigenvalue weighted by Gasteiger charge is -2.38. The van der Waals surface area contributed by atoms with E-state index in [9.17, 15) is 14.4 Å². The maximum Gasteiger partial charge on any atom is 0.240 e. The average molecular weight is 461 g/mol. The molecule has 0 bridgehead atoms. The molecule has 0 N–H and O–H groups in total. The number of ether oxygens (including phenoxy) is 2. The molecule has 0 saturated carbocycles. The fourth-order valence-electron chi connectivity index (χ4n) is 5.41. The molecule has 3 aliphatic rings. The maximum absolute atomic E-state index is 13.8. The minimum atomic E-state index is -0.760. The quantitative estimate of drug-likeness (QED) is 0.648. The molecule has 34 heavy (non-hydrogen) atoms. The van der Waals surface area contributed by atoms with Gasteiger partial charge in [-0.15, -0.1) is 0 Å². The predicted molar refractivity (Wildman–Crippen MR) is 129 cm³/mol. The first kappa shape index (κ1) is 22.2. The van der Waals surface area contributed by atoms with E-state index in [0.29, 0.717) is 17.2 Å². The number of carbonyl (C=O) groups excluding carboxylic acids is 3. The lowest BCUT2D eigenvalue weighted by Crippen LogP contribution is -2.51. The Hall–Kier alpha value is -3.61. The third-order valence-electron chi connectivity index (χ3n) is 7.05. The maximum atomic E-state index is 13.8. The summed E-state index contributed by atoms with van der Waals surface area (Å²) in [6.07, 6.45) is 3.89. The normalized spacial score (nSPS) is 25.2. The van der Waals surface area contributed by atoms with E-state index in [2.05, 4.69) is 0 Å². The molecule has 176 valence electrons. The number of ketones is 1. The molecule has 2 fully saturated rings. The Bertz CT molecular complexity index is 1210. The van der Waals surface area contributed by atoms with Crippen molar-refractivity contribution in [1.29, 1.82) is 0 Å². The van der Waals surface area contributed by atoms with Crippen LogP contribution in [0.4, 0.5) is 11.4 Å². The molecule has 0 unspecified atom stereocenters. The number of fused-ring (bicyclic) bond motifs is 5. The van der Waals surface area contributed by atoms with Crippen molar-refractivity contribution in [2.24, 2.45) is 17.3 Å². The number of hydrogen-bond acceptors (Lipinski definition) is 6. The summed E-state index contributed by atoms with van der Waals surface area (Å²) in [4.78, 5) is 44.5. The Morgan fingerprint density at radius 2 is 1.50 bits per heavy atom. The largest absolute Gasteiger partial charge is 0.497 e. The zero-order chi connectivity index (χ0) is 24.4. The van der Waals surface area contributed by atoms with Crippen molar-refractivity contribution in [1.82, 2.24) is 0 Å². The van der Waals surface area contributed by atoms with E-state index in [-0.39, 0.29) is 23.6 Å². The molecule has 7 nitrogen and oxygen atoms in total. The summed E-state index contributed by atoms with van der Waals surface area (Å²) in [6, 6.07) is 11.4. The number of hydrogen-bond donors (Lipinski definition) is 0. The Labute approximate surface area is 198 Å². The summed E-state index contributed by atoms with van der Waals surface area (Å²) in [5.74, 6) is -0.724. The van der Waals surface area contributed by atoms with E-state index in [1.807, 2.05) is 56.0 Å². The van der Waals surface area contributed by atoms with Gasteiger partial charge in [-0.2, -0.15) is 0 Å². The van der Waals surface area contributed by atoms with E-state index < -0.39 is 23.3 Å². The monoisotopic (exact) mass is 460 g/mol. The van der Waals surface area contributed by atoms with E-state index in [1.165, 1.54) is 4.90 Å². The molecule has 0 aliphatic carbocycles. The Balaban J connectivity index is 1.62. The van der Waals surface area contributed by atoms with Crippen molar-refractivity contribution in [2.45, 2.75) is 32.9 Å². The fourth-order valence-corrected chi connectivity index (χ4v) is 5.41. The Kier molecular flexibility index (Phi) is 5.04. The summed E-state index contributed by atoms with van der Waals surface area (Å²) < 4.78 is 10.6. The van der Waals surface area contributed by atoms with Gasteiger partial charge in [0.1, 0.15) is 17.5 Å². The number of rotatable bonds is 4. The minimum absolute atomic E-state index is 0.0557. The number of anilines is 2. The van der Waals surface area contributed by atoms with Crippen LogP contribution in [0, 0.1) is 17.3 Å². The second-order valence-electron chi connectivity index (χ2n) is 10.0. The highest BCUT2D eigenvalue weighted by atomic mass is 16.5. The molecule has 0 radical (unpaired) electrons. The predicted octanol–water partition coefficient (Wildman–Crippen LogP) is 3.71. The number of imide groups is 1. The average Bonchev–Trinajstić information content (AvgIpc) is 3.30. The number of Topliss-reactive ketones (excluding diaryl/α,β-unsaturated/α-hetero) is 1. The van der Waals surface area contributed by atoms with Crippen LogP contribution >= 0.6 is 0 Å². The molecule has 3 heterocycles. The third kappa shape index (κ3) is 3.14. The van der Waals surface area contributed by atoms with Gasteiger partial charge in [0.25, 0.3) is 0 Å². The fraction of sp³-hybridized carbons (Fsp3) is 0.370. The summed E-state index contributed by atoms with van der Waals surface area (Å²) >= 11 is 0. The number of benzene rings is 2. The van der Waals surface area contributed by atoms with Gasteiger partial charge >= 0.3 is 0 Å². The molecule has 3 aliphatic heterocycles. The van der Waals surface area contributed by atoms with Gasteiger partial charge in [0, 0.05) is 16.7 Å². The van der Waals surface area contributed by atoms with E-state index >= 15 is 0 Å². The first-order valence-corrected chi connectivity index (χ1v) is 11.4. The summed E-state index contributed by atoms with van der Waals surface area (Å²) in [7, 11) is 3.17. The first-order valence-electron chi connectivity index (χ1n) is 11.4. The van der Waals surface area contributed by atoms with Gasteiger partial charge in [0.15, 0.2) is 5.78 Å². The SMILES string of the molecule is COc1ccc(N2C(=O)[C@@H]3[C@H](C2=O)[C@H](C(=O)C(C)(C)C)N2c4ccc(OC)cc4C=C[C@@H]32)cc1. The highest BCUT2D eigenvalue weighted by Crippen LogP contribution is 2.51. The summed E-state index contributed by atoms with van der Waals surface area (Å²) in [5.41, 5.74) is 1.54. The first-order chi connectivity index (χ1) is 16.2. The van der Waals surface area contributed by atoms with Crippen LogP contribution in [0.5, 0.6) is 11.5 Å². The van der Waals surface area contributed by atoms with Crippen molar-refractivity contribution in [2.75, 3.05) is 24.0 Å². The van der Waals surface area contributed by atoms with Crippen molar-refractivity contribution < 1.29 is 23.9 Å². The zero-order valence-electron chi connectivity index (χ0n) is 19.9. The number of amides is 2. The zero-order valence-corrected chi connectivity index (χ0v) is 19.9. The van der Waals surface area contributed by atoms with Gasteiger partial charge in [0.2, 0.25) is 11.8 Å². The van der Waals surface area contributed by atoms with Crippen LogP contribution in [0.3, 0.4) is 0 Å². The molecule has 2 saturated heterocycles. The summed E-state index contributed by atoms with van der Waals surface area (Å²) in [6.45, 7) is 5.57. The Morgan fingerprint density at radius 1 is 0.882 bits per heavy atom. The molecule has 0 spiro atoms. The van der Waals surface area contributed by atoms with Gasteiger partial charge in [0.05, 0.1) is 37.8 Å². The molecular weight excluding hydrogens is 432 g/mol. The molecule has 2 aromatic rings. The molecule has 7 heteroatoms. The van der Waals surface area contributed by atoms with Gasteiger partial charge in [-0.1, -0.05) is 32.9 Å². The van der Waals surface area contributed by atoms with Crippen molar-refractivity contribution in [3.05, 3.63) is 54.1 Å². The van der Waals surface area contributed by atoms with Gasteiger partial charge in [-0.25, -0.2) is 4.90 Å². The lowest BCUT2D eigenvalue weighted by molar-refractivity contribution is -0.132. The van der Waals surface area contributed by atoms with Crippen LogP contribution in [0.2, 0.25) is 0 Å². The number of methoxy groups -OCH3 is 2. The lowest BCUT2D eigenvalue weighted by atomic mass is 9.79. The number of nitrogens with zero attached hydrogens (tertiary/aromatic N) is 2. The van der Waals surface area contributed by atoms with Crippen LogP contribution < -0.4 is 19.3 Å². The van der Waals surface area contributed by atoms with E-state index in [4.69, 9.17) is 9.47 Å².